The first-order valence-corrected chi connectivity index (χ1v) is 10.7. The van der Waals surface area contributed by atoms with E-state index in [0.29, 0.717) is 19.6 Å². The van der Waals surface area contributed by atoms with E-state index in [4.69, 9.17) is 0 Å². The topological polar surface area (TPSA) is 69.7 Å². The Hall–Kier alpha value is -0.660. The molecule has 2 saturated heterocycles. The standard InChI is InChI=1S/C16H31N3O3S/c1-14-6-3-9-18(12-14)10-5-8-17-16(20)15-7-4-11-19(13-15)23(2,21)22/h14-15H,3-13H2,1-2H3,(H,17,20)/t14-,15-/m1/s1. The van der Waals surface area contributed by atoms with Crippen LogP contribution in [0.25, 0.3) is 0 Å². The van der Waals surface area contributed by atoms with Crippen LogP contribution in [0.4, 0.5) is 0 Å². The van der Waals surface area contributed by atoms with E-state index in [9.17, 15) is 13.2 Å². The van der Waals surface area contributed by atoms with Gasteiger partial charge < -0.3 is 10.2 Å². The molecule has 2 aliphatic rings. The van der Waals surface area contributed by atoms with Crippen LogP contribution >= 0.6 is 0 Å². The lowest BCUT2D eigenvalue weighted by atomic mass is 9.99. The number of carbonyl (C=O) groups excluding carboxylic acids is 1. The summed E-state index contributed by atoms with van der Waals surface area (Å²) in [5.74, 6) is 0.585. The first-order chi connectivity index (χ1) is 10.9. The summed E-state index contributed by atoms with van der Waals surface area (Å²) in [5, 5.41) is 2.99. The van der Waals surface area contributed by atoms with Crippen molar-refractivity contribution in [3.8, 4) is 0 Å². The molecule has 0 spiro atoms. The molecule has 2 heterocycles. The van der Waals surface area contributed by atoms with Crippen molar-refractivity contribution in [1.29, 1.82) is 0 Å². The Morgan fingerprint density at radius 3 is 2.61 bits per heavy atom. The SMILES string of the molecule is C[C@@H]1CCCN(CCCNC(=O)[C@@H]2CCCN(S(C)(=O)=O)C2)C1. The van der Waals surface area contributed by atoms with E-state index in [0.717, 1.165) is 31.7 Å². The number of nitrogens with one attached hydrogen (secondary N) is 1. The quantitative estimate of drug-likeness (QED) is 0.726. The molecule has 1 amide bonds. The molecule has 0 aromatic rings. The fraction of sp³-hybridized carbons (Fsp3) is 0.938. The van der Waals surface area contributed by atoms with Crippen molar-refractivity contribution >= 4 is 15.9 Å². The van der Waals surface area contributed by atoms with Crippen LogP contribution in [0, 0.1) is 11.8 Å². The summed E-state index contributed by atoms with van der Waals surface area (Å²) in [5.41, 5.74) is 0. The Balaban J connectivity index is 1.66. The molecule has 0 unspecified atom stereocenters. The highest BCUT2D eigenvalue weighted by Gasteiger charge is 2.29. The van der Waals surface area contributed by atoms with Gasteiger partial charge in [0.1, 0.15) is 0 Å². The minimum atomic E-state index is -3.19. The summed E-state index contributed by atoms with van der Waals surface area (Å²) < 4.78 is 24.6. The van der Waals surface area contributed by atoms with Gasteiger partial charge in [0, 0.05) is 26.2 Å². The number of piperidine rings is 2. The average Bonchev–Trinajstić information content (AvgIpc) is 2.51. The molecule has 7 heteroatoms. The lowest BCUT2D eigenvalue weighted by Gasteiger charge is -2.31. The molecule has 2 rings (SSSR count). The lowest BCUT2D eigenvalue weighted by molar-refractivity contribution is -0.126. The maximum absolute atomic E-state index is 12.2. The third-order valence-corrected chi connectivity index (χ3v) is 6.19. The van der Waals surface area contributed by atoms with Crippen LogP contribution in [0.1, 0.15) is 39.0 Å². The van der Waals surface area contributed by atoms with Crippen LogP contribution in [0.15, 0.2) is 0 Å². The normalized spacial score (nSPS) is 27.7. The molecule has 2 fully saturated rings. The van der Waals surface area contributed by atoms with Crippen LogP contribution < -0.4 is 5.32 Å². The molecule has 0 aromatic heterocycles. The maximum atomic E-state index is 12.2. The molecule has 0 bridgehead atoms. The molecule has 2 atom stereocenters. The second-order valence-corrected chi connectivity index (χ2v) is 9.14. The van der Waals surface area contributed by atoms with Gasteiger partial charge in [0.15, 0.2) is 0 Å². The number of likely N-dealkylation sites (tertiary alicyclic amines) is 1. The van der Waals surface area contributed by atoms with Crippen molar-refractivity contribution in [3.05, 3.63) is 0 Å². The monoisotopic (exact) mass is 345 g/mol. The van der Waals surface area contributed by atoms with Crippen molar-refractivity contribution in [2.75, 3.05) is 45.5 Å². The highest BCUT2D eigenvalue weighted by Crippen LogP contribution is 2.19. The van der Waals surface area contributed by atoms with Gasteiger partial charge in [-0.05, 0) is 51.1 Å². The van der Waals surface area contributed by atoms with Crippen LogP contribution in [0.3, 0.4) is 0 Å². The molecule has 134 valence electrons. The van der Waals surface area contributed by atoms with Crippen molar-refractivity contribution < 1.29 is 13.2 Å². The first kappa shape index (κ1) is 18.7. The summed E-state index contributed by atoms with van der Waals surface area (Å²) in [7, 11) is -3.19. The Kier molecular flexibility index (Phi) is 6.85. The summed E-state index contributed by atoms with van der Waals surface area (Å²) in [6.45, 7) is 7.21. The Morgan fingerprint density at radius 1 is 1.17 bits per heavy atom. The highest BCUT2D eigenvalue weighted by atomic mass is 32.2. The van der Waals surface area contributed by atoms with Gasteiger partial charge in [-0.3, -0.25) is 4.79 Å². The predicted molar refractivity (Wildman–Crippen MR) is 91.6 cm³/mol. The lowest BCUT2D eigenvalue weighted by Crippen LogP contribution is -2.45. The Labute approximate surface area is 140 Å². The second-order valence-electron chi connectivity index (χ2n) is 7.15. The highest BCUT2D eigenvalue weighted by molar-refractivity contribution is 7.88. The smallest absolute Gasteiger partial charge is 0.224 e. The van der Waals surface area contributed by atoms with Gasteiger partial charge in [-0.15, -0.1) is 0 Å². The summed E-state index contributed by atoms with van der Waals surface area (Å²) in [4.78, 5) is 14.7. The second kappa shape index (κ2) is 8.44. The molecule has 1 N–H and O–H groups in total. The zero-order valence-electron chi connectivity index (χ0n) is 14.5. The van der Waals surface area contributed by atoms with Gasteiger partial charge >= 0.3 is 0 Å². The van der Waals surface area contributed by atoms with Crippen LogP contribution in [0.2, 0.25) is 0 Å². The number of amides is 1. The zero-order chi connectivity index (χ0) is 16.9. The molecule has 0 aromatic carbocycles. The van der Waals surface area contributed by atoms with Gasteiger partial charge in [-0.1, -0.05) is 6.92 Å². The minimum absolute atomic E-state index is 0.00497. The number of sulfonamides is 1. The van der Waals surface area contributed by atoms with Crippen LogP contribution in [-0.4, -0.2) is 69.1 Å². The maximum Gasteiger partial charge on any atom is 0.224 e. The van der Waals surface area contributed by atoms with Gasteiger partial charge in [-0.2, -0.15) is 0 Å². The van der Waals surface area contributed by atoms with E-state index < -0.39 is 10.0 Å². The summed E-state index contributed by atoms with van der Waals surface area (Å²) >= 11 is 0. The molecular weight excluding hydrogens is 314 g/mol. The van der Waals surface area contributed by atoms with Gasteiger partial charge in [-0.25, -0.2) is 12.7 Å². The van der Waals surface area contributed by atoms with E-state index in [2.05, 4.69) is 17.1 Å². The van der Waals surface area contributed by atoms with E-state index >= 15 is 0 Å². The molecule has 0 radical (unpaired) electrons. The van der Waals surface area contributed by atoms with E-state index in [1.54, 1.807) is 0 Å². The fourth-order valence-corrected chi connectivity index (χ4v) is 4.52. The third kappa shape index (κ3) is 6.04. The van der Waals surface area contributed by atoms with Crippen LogP contribution in [0.5, 0.6) is 0 Å². The van der Waals surface area contributed by atoms with Crippen LogP contribution in [-0.2, 0) is 14.8 Å². The van der Waals surface area contributed by atoms with Gasteiger partial charge in [0.25, 0.3) is 0 Å². The number of hydrogen-bond donors (Lipinski definition) is 1. The Bertz CT molecular complexity index is 495. The van der Waals surface area contributed by atoms with Crippen molar-refractivity contribution in [1.82, 2.24) is 14.5 Å². The molecule has 0 aliphatic carbocycles. The van der Waals surface area contributed by atoms with Crippen molar-refractivity contribution in [3.63, 3.8) is 0 Å². The van der Waals surface area contributed by atoms with E-state index in [1.807, 2.05) is 0 Å². The molecule has 2 aliphatic heterocycles. The first-order valence-electron chi connectivity index (χ1n) is 8.81. The van der Waals surface area contributed by atoms with Crippen molar-refractivity contribution in [2.45, 2.75) is 39.0 Å². The predicted octanol–water partition coefficient (Wildman–Crippen LogP) is 0.896. The summed E-state index contributed by atoms with van der Waals surface area (Å²) in [6.07, 6.45) is 6.31. The average molecular weight is 346 g/mol. The molecular formula is C16H31N3O3S. The van der Waals surface area contributed by atoms with E-state index in [1.165, 1.54) is 36.5 Å². The molecule has 6 nitrogen and oxygen atoms in total. The third-order valence-electron chi connectivity index (χ3n) is 4.92. The number of rotatable bonds is 6. The van der Waals surface area contributed by atoms with Gasteiger partial charge in [0.05, 0.1) is 12.2 Å². The largest absolute Gasteiger partial charge is 0.356 e. The number of carbonyl (C=O) groups is 1. The van der Waals surface area contributed by atoms with E-state index in [-0.39, 0.29) is 11.8 Å². The number of nitrogens with zero attached hydrogens (tertiary/aromatic N) is 2. The fourth-order valence-electron chi connectivity index (χ4n) is 3.61. The molecule has 0 saturated carbocycles. The van der Waals surface area contributed by atoms with Gasteiger partial charge in [0.2, 0.25) is 15.9 Å². The summed E-state index contributed by atoms with van der Waals surface area (Å²) in [6, 6.07) is 0. The minimum Gasteiger partial charge on any atom is -0.356 e. The molecule has 23 heavy (non-hydrogen) atoms. The van der Waals surface area contributed by atoms with Crippen molar-refractivity contribution in [2.24, 2.45) is 11.8 Å². The number of hydrogen-bond acceptors (Lipinski definition) is 4. The Morgan fingerprint density at radius 2 is 1.91 bits per heavy atom. The zero-order valence-corrected chi connectivity index (χ0v) is 15.3.